The van der Waals surface area contributed by atoms with Crippen molar-refractivity contribution in [2.24, 2.45) is 5.92 Å². The predicted octanol–water partition coefficient (Wildman–Crippen LogP) is 3.72. The quantitative estimate of drug-likeness (QED) is 0.717. The molecule has 1 aliphatic rings. The molecule has 98 valence electrons. The van der Waals surface area contributed by atoms with Gasteiger partial charge in [-0.1, -0.05) is 34.5 Å². The highest BCUT2D eigenvalue weighted by atomic mass is 79.9. The molecule has 0 bridgehead atoms. The van der Waals surface area contributed by atoms with E-state index in [1.54, 1.807) is 11.0 Å². The van der Waals surface area contributed by atoms with Gasteiger partial charge in [0.15, 0.2) is 0 Å². The lowest BCUT2D eigenvalue weighted by Gasteiger charge is -2.34. The van der Waals surface area contributed by atoms with Gasteiger partial charge in [0.2, 0.25) is 0 Å². The molecule has 0 N–H and O–H groups in total. The van der Waals surface area contributed by atoms with Crippen LogP contribution in [0.25, 0.3) is 0 Å². The summed E-state index contributed by atoms with van der Waals surface area (Å²) in [6.45, 7) is 3.49. The van der Waals surface area contributed by atoms with E-state index in [1.165, 1.54) is 12.1 Å². The number of carbonyl (C=O) groups excluding carboxylic acids is 1. The maximum Gasteiger partial charge on any atom is 0.253 e. The number of carbonyl (C=O) groups is 1. The number of alkyl halides is 1. The molecule has 18 heavy (non-hydrogen) atoms. The third kappa shape index (κ3) is 2.86. The molecule has 2 atom stereocenters. The van der Waals surface area contributed by atoms with Crippen LogP contribution < -0.4 is 0 Å². The fourth-order valence-corrected chi connectivity index (χ4v) is 2.60. The van der Waals surface area contributed by atoms with Crippen LogP contribution in [0.15, 0.2) is 18.2 Å². The second-order valence-electron chi connectivity index (χ2n) is 4.66. The number of halogens is 3. The Morgan fingerprint density at radius 1 is 1.56 bits per heavy atom. The average molecular weight is 335 g/mol. The Balaban J connectivity index is 2.14. The minimum absolute atomic E-state index is 0.0408. The van der Waals surface area contributed by atoms with Crippen molar-refractivity contribution in [1.29, 1.82) is 0 Å². The number of piperidine rings is 1. The van der Waals surface area contributed by atoms with Crippen LogP contribution >= 0.6 is 27.5 Å². The van der Waals surface area contributed by atoms with Crippen LogP contribution in [-0.4, -0.2) is 28.7 Å². The Morgan fingerprint density at radius 3 is 2.89 bits per heavy atom. The molecule has 0 aliphatic carbocycles. The Hall–Kier alpha value is -0.610. The van der Waals surface area contributed by atoms with Gasteiger partial charge in [0, 0.05) is 23.5 Å². The highest BCUT2D eigenvalue weighted by Gasteiger charge is 2.27. The van der Waals surface area contributed by atoms with Gasteiger partial charge in [0.05, 0.1) is 5.02 Å². The van der Waals surface area contributed by atoms with Crippen LogP contribution in [-0.2, 0) is 0 Å². The summed E-state index contributed by atoms with van der Waals surface area (Å²) in [7, 11) is 0. The third-order valence-corrected chi connectivity index (χ3v) is 4.92. The summed E-state index contributed by atoms with van der Waals surface area (Å²) in [5.41, 5.74) is 0.358. The summed E-state index contributed by atoms with van der Waals surface area (Å²) in [6, 6.07) is 4.19. The van der Waals surface area contributed by atoms with E-state index in [9.17, 15) is 9.18 Å². The summed E-state index contributed by atoms with van der Waals surface area (Å²) >= 11 is 9.20. The number of rotatable bonds is 1. The van der Waals surface area contributed by atoms with Crippen molar-refractivity contribution >= 4 is 33.4 Å². The summed E-state index contributed by atoms with van der Waals surface area (Å²) in [4.78, 5) is 14.4. The van der Waals surface area contributed by atoms with Gasteiger partial charge in [0.25, 0.3) is 5.91 Å². The van der Waals surface area contributed by atoms with Crippen molar-refractivity contribution in [2.75, 3.05) is 13.1 Å². The molecule has 0 spiro atoms. The smallest absolute Gasteiger partial charge is 0.253 e. The van der Waals surface area contributed by atoms with Crippen LogP contribution in [0.2, 0.25) is 5.02 Å². The molecule has 1 heterocycles. The topological polar surface area (TPSA) is 20.3 Å². The highest BCUT2D eigenvalue weighted by Crippen LogP contribution is 2.25. The van der Waals surface area contributed by atoms with Gasteiger partial charge >= 0.3 is 0 Å². The minimum atomic E-state index is -0.550. The first-order valence-electron chi connectivity index (χ1n) is 5.87. The zero-order chi connectivity index (χ0) is 13.3. The summed E-state index contributed by atoms with van der Waals surface area (Å²) in [6.07, 6.45) is 0.920. The molecule has 0 radical (unpaired) electrons. The number of likely N-dealkylation sites (tertiary alicyclic amines) is 1. The Kier molecular flexibility index (Phi) is 4.28. The monoisotopic (exact) mass is 333 g/mol. The molecule has 0 saturated carbocycles. The van der Waals surface area contributed by atoms with E-state index in [4.69, 9.17) is 11.6 Å². The van der Waals surface area contributed by atoms with Crippen molar-refractivity contribution in [3.05, 3.63) is 34.6 Å². The van der Waals surface area contributed by atoms with E-state index >= 15 is 0 Å². The number of hydrogen-bond acceptors (Lipinski definition) is 1. The molecule has 2 rings (SSSR count). The van der Waals surface area contributed by atoms with Crippen LogP contribution in [0.4, 0.5) is 4.39 Å². The van der Waals surface area contributed by atoms with Gasteiger partial charge in [-0.3, -0.25) is 4.79 Å². The van der Waals surface area contributed by atoms with E-state index in [-0.39, 0.29) is 10.9 Å². The fraction of sp³-hybridized carbons (Fsp3) is 0.462. The Labute approximate surface area is 119 Å². The van der Waals surface area contributed by atoms with Crippen LogP contribution in [0.5, 0.6) is 0 Å². The van der Waals surface area contributed by atoms with Crippen LogP contribution in [0.1, 0.15) is 23.7 Å². The zero-order valence-corrected chi connectivity index (χ0v) is 12.3. The molecular weight excluding hydrogens is 321 g/mol. The van der Waals surface area contributed by atoms with E-state index in [0.717, 1.165) is 6.42 Å². The highest BCUT2D eigenvalue weighted by molar-refractivity contribution is 9.09. The minimum Gasteiger partial charge on any atom is -0.338 e. The van der Waals surface area contributed by atoms with Crippen molar-refractivity contribution < 1.29 is 9.18 Å². The first-order valence-corrected chi connectivity index (χ1v) is 7.17. The SMILES string of the molecule is CC1CN(C(=O)c2ccc(Cl)c(F)c2)CCC1Br. The van der Waals surface area contributed by atoms with E-state index in [0.29, 0.717) is 29.4 Å². The standard InChI is InChI=1S/C13H14BrClFNO/c1-8-7-17(5-4-10(8)14)13(18)9-2-3-11(15)12(16)6-9/h2-3,6,8,10H,4-5,7H2,1H3. The molecule has 1 saturated heterocycles. The predicted molar refractivity (Wildman–Crippen MR) is 73.8 cm³/mol. The second-order valence-corrected chi connectivity index (χ2v) is 6.25. The van der Waals surface area contributed by atoms with Gasteiger partial charge < -0.3 is 4.90 Å². The molecule has 2 unspecified atom stereocenters. The van der Waals surface area contributed by atoms with Crippen molar-refractivity contribution in [2.45, 2.75) is 18.2 Å². The van der Waals surface area contributed by atoms with Crippen molar-refractivity contribution in [3.63, 3.8) is 0 Å². The van der Waals surface area contributed by atoms with Gasteiger partial charge in [-0.25, -0.2) is 4.39 Å². The summed E-state index contributed by atoms with van der Waals surface area (Å²) < 4.78 is 13.3. The van der Waals surface area contributed by atoms with Gasteiger partial charge in [-0.2, -0.15) is 0 Å². The molecule has 1 aromatic carbocycles. The summed E-state index contributed by atoms with van der Waals surface area (Å²) in [5, 5.41) is 0.0408. The number of benzene rings is 1. The zero-order valence-electron chi connectivity index (χ0n) is 10.00. The van der Waals surface area contributed by atoms with E-state index in [1.807, 2.05) is 0 Å². The maximum atomic E-state index is 13.3. The second kappa shape index (κ2) is 5.57. The van der Waals surface area contributed by atoms with Gasteiger partial charge in [-0.15, -0.1) is 0 Å². The lowest BCUT2D eigenvalue weighted by Crippen LogP contribution is -2.43. The largest absolute Gasteiger partial charge is 0.338 e. The molecule has 0 aromatic heterocycles. The lowest BCUT2D eigenvalue weighted by atomic mass is 9.99. The van der Waals surface area contributed by atoms with Crippen molar-refractivity contribution in [1.82, 2.24) is 4.90 Å². The third-order valence-electron chi connectivity index (χ3n) is 3.25. The molecular formula is C13H14BrClFNO. The molecule has 1 aromatic rings. The first kappa shape index (κ1) is 13.8. The molecule has 1 fully saturated rings. The first-order chi connectivity index (χ1) is 8.49. The Morgan fingerprint density at radius 2 is 2.28 bits per heavy atom. The summed E-state index contributed by atoms with van der Waals surface area (Å²) in [5.74, 6) is -0.275. The molecule has 1 amide bonds. The number of hydrogen-bond donors (Lipinski definition) is 0. The van der Waals surface area contributed by atoms with Gasteiger partial charge in [0.1, 0.15) is 5.82 Å². The van der Waals surface area contributed by atoms with E-state index < -0.39 is 5.82 Å². The van der Waals surface area contributed by atoms with Crippen molar-refractivity contribution in [3.8, 4) is 0 Å². The molecule has 1 aliphatic heterocycles. The lowest BCUT2D eigenvalue weighted by molar-refractivity contribution is 0.0690. The van der Waals surface area contributed by atoms with Crippen LogP contribution in [0.3, 0.4) is 0 Å². The molecule has 2 nitrogen and oxygen atoms in total. The molecule has 5 heteroatoms. The Bertz CT molecular complexity index is 468. The average Bonchev–Trinajstić information content (AvgIpc) is 2.35. The van der Waals surface area contributed by atoms with Gasteiger partial charge in [-0.05, 0) is 30.5 Å². The number of nitrogens with zero attached hydrogens (tertiary/aromatic N) is 1. The maximum absolute atomic E-state index is 13.3. The normalized spacial score (nSPS) is 24.1. The fourth-order valence-electron chi connectivity index (χ4n) is 2.11. The van der Waals surface area contributed by atoms with E-state index in [2.05, 4.69) is 22.9 Å². The van der Waals surface area contributed by atoms with Crippen LogP contribution in [0, 0.1) is 11.7 Å². The number of amides is 1.